The van der Waals surface area contributed by atoms with Gasteiger partial charge in [-0.25, -0.2) is 8.42 Å². The fourth-order valence-electron chi connectivity index (χ4n) is 3.24. The molecule has 1 N–H and O–H groups in total. The van der Waals surface area contributed by atoms with E-state index in [9.17, 15) is 13.2 Å². The quantitative estimate of drug-likeness (QED) is 0.580. The maximum absolute atomic E-state index is 13.1. The van der Waals surface area contributed by atoms with E-state index in [0.29, 0.717) is 23.7 Å². The molecule has 0 saturated carbocycles. The molecule has 1 heterocycles. The minimum Gasteiger partial charge on any atom is -0.339 e. The molecule has 29 heavy (non-hydrogen) atoms. The number of nitrogens with one attached hydrogen (secondary N) is 1. The van der Waals surface area contributed by atoms with Crippen LogP contribution in [0.25, 0.3) is 0 Å². The molecule has 2 aromatic carbocycles. The van der Waals surface area contributed by atoms with E-state index in [2.05, 4.69) is 4.72 Å². The number of nitrogens with zero attached hydrogens (tertiary/aromatic N) is 1. The Kier molecular flexibility index (Phi) is 7.37. The van der Waals surface area contributed by atoms with E-state index in [1.165, 1.54) is 36.0 Å². The molecule has 0 aromatic heterocycles. The van der Waals surface area contributed by atoms with Gasteiger partial charge in [0.1, 0.15) is 0 Å². The van der Waals surface area contributed by atoms with Crippen molar-refractivity contribution in [1.82, 2.24) is 4.90 Å². The number of carbonyl (C=O) groups excluding carboxylic acids is 1. The Bertz CT molecular complexity index is 1000. The van der Waals surface area contributed by atoms with Crippen LogP contribution in [0.2, 0.25) is 10.0 Å². The second-order valence-corrected chi connectivity index (χ2v) is 10.2. The number of rotatable bonds is 5. The van der Waals surface area contributed by atoms with Gasteiger partial charge in [-0.15, -0.1) is 11.8 Å². The van der Waals surface area contributed by atoms with Crippen molar-refractivity contribution in [3.63, 3.8) is 0 Å². The Morgan fingerprint density at radius 2 is 1.72 bits per heavy atom. The molecule has 0 spiro atoms. The van der Waals surface area contributed by atoms with Crippen molar-refractivity contribution in [1.29, 1.82) is 0 Å². The van der Waals surface area contributed by atoms with Crippen LogP contribution < -0.4 is 4.72 Å². The van der Waals surface area contributed by atoms with Crippen molar-refractivity contribution in [3.05, 3.63) is 52.0 Å². The lowest BCUT2D eigenvalue weighted by atomic mass is 10.2. The lowest BCUT2D eigenvalue weighted by Crippen LogP contribution is -2.32. The number of carbonyl (C=O) groups is 1. The van der Waals surface area contributed by atoms with E-state index < -0.39 is 10.0 Å². The Hall–Kier alpha value is -1.41. The number of benzene rings is 2. The fraction of sp³-hybridized carbons (Fsp3) is 0.350. The summed E-state index contributed by atoms with van der Waals surface area (Å²) in [5, 5.41) is 0.599. The molecule has 9 heteroatoms. The first kappa shape index (κ1) is 22.3. The first-order valence-corrected chi connectivity index (χ1v) is 12.7. The summed E-state index contributed by atoms with van der Waals surface area (Å²) in [6.07, 6.45) is 6.02. The predicted molar refractivity (Wildman–Crippen MR) is 120 cm³/mol. The van der Waals surface area contributed by atoms with Crippen molar-refractivity contribution < 1.29 is 13.2 Å². The summed E-state index contributed by atoms with van der Waals surface area (Å²) in [6.45, 7) is 1.39. The van der Waals surface area contributed by atoms with Crippen molar-refractivity contribution in [2.75, 3.05) is 24.1 Å². The highest BCUT2D eigenvalue weighted by atomic mass is 35.5. The molecule has 3 rings (SSSR count). The van der Waals surface area contributed by atoms with E-state index in [1.807, 2.05) is 11.2 Å². The van der Waals surface area contributed by atoms with Crippen molar-refractivity contribution in [2.24, 2.45) is 0 Å². The molecule has 0 radical (unpaired) electrons. The van der Waals surface area contributed by atoms with Crippen LogP contribution in [0.5, 0.6) is 0 Å². The zero-order valence-electron chi connectivity index (χ0n) is 16.0. The third kappa shape index (κ3) is 5.40. The van der Waals surface area contributed by atoms with Gasteiger partial charge in [0.05, 0.1) is 21.2 Å². The molecule has 1 aliphatic rings. The normalized spacial score (nSPS) is 15.1. The van der Waals surface area contributed by atoms with Crippen LogP contribution in [-0.2, 0) is 10.0 Å². The average molecular weight is 473 g/mol. The van der Waals surface area contributed by atoms with Crippen LogP contribution in [0.15, 0.2) is 46.2 Å². The number of thioether (sulfide) groups is 1. The molecule has 5 nitrogen and oxygen atoms in total. The maximum atomic E-state index is 13.1. The lowest BCUT2D eigenvalue weighted by molar-refractivity contribution is 0.0758. The Morgan fingerprint density at radius 3 is 2.38 bits per heavy atom. The van der Waals surface area contributed by atoms with Gasteiger partial charge in [0.15, 0.2) is 0 Å². The number of anilines is 1. The molecule has 0 atom stereocenters. The van der Waals surface area contributed by atoms with Crippen molar-refractivity contribution >= 4 is 56.6 Å². The summed E-state index contributed by atoms with van der Waals surface area (Å²) < 4.78 is 28.3. The van der Waals surface area contributed by atoms with E-state index >= 15 is 0 Å². The Labute approximate surface area is 185 Å². The highest BCUT2D eigenvalue weighted by Gasteiger charge is 2.24. The Morgan fingerprint density at radius 1 is 1.03 bits per heavy atom. The van der Waals surface area contributed by atoms with Gasteiger partial charge in [-0.1, -0.05) is 36.0 Å². The largest absolute Gasteiger partial charge is 0.339 e. The lowest BCUT2D eigenvalue weighted by Gasteiger charge is -2.22. The van der Waals surface area contributed by atoms with Crippen molar-refractivity contribution in [2.45, 2.75) is 35.5 Å². The standard InChI is InChI=1S/C20H22Cl2N2O3S2/c1-28-19-9-7-15(13-16(19)20(25)24-10-4-2-3-5-11-24)29(26,27)23-18-12-14(21)6-8-17(18)22/h6-9,12-13,23H,2-5,10-11H2,1H3. The Balaban J connectivity index is 1.94. The summed E-state index contributed by atoms with van der Waals surface area (Å²) >= 11 is 13.5. The third-order valence-corrected chi connectivity index (χ3v) is 7.50. The topological polar surface area (TPSA) is 66.5 Å². The van der Waals surface area contributed by atoms with E-state index in [-0.39, 0.29) is 21.5 Å². The van der Waals surface area contributed by atoms with E-state index in [4.69, 9.17) is 23.2 Å². The summed E-state index contributed by atoms with van der Waals surface area (Å²) in [4.78, 5) is 15.7. The minimum atomic E-state index is -3.94. The molecule has 1 aliphatic heterocycles. The highest BCUT2D eigenvalue weighted by Crippen LogP contribution is 2.30. The van der Waals surface area contributed by atoms with Gasteiger partial charge in [-0.2, -0.15) is 0 Å². The molecule has 2 aromatic rings. The second-order valence-electron chi connectivity index (χ2n) is 6.80. The third-order valence-electron chi connectivity index (χ3n) is 4.78. The molecule has 156 valence electrons. The van der Waals surface area contributed by atoms with Crippen LogP contribution in [-0.4, -0.2) is 38.6 Å². The number of hydrogen-bond donors (Lipinski definition) is 1. The number of likely N-dealkylation sites (tertiary alicyclic amines) is 1. The zero-order chi connectivity index (χ0) is 21.0. The number of amides is 1. The van der Waals surface area contributed by atoms with Crippen LogP contribution in [0.3, 0.4) is 0 Å². The van der Waals surface area contributed by atoms with Crippen LogP contribution in [0.4, 0.5) is 5.69 Å². The summed E-state index contributed by atoms with van der Waals surface area (Å²) in [5.74, 6) is -0.130. The molecular formula is C20H22Cl2N2O3S2. The van der Waals surface area contributed by atoms with Crippen LogP contribution in [0.1, 0.15) is 36.0 Å². The molecule has 1 amide bonds. The smallest absolute Gasteiger partial charge is 0.261 e. The second kappa shape index (κ2) is 9.60. The molecule has 0 unspecified atom stereocenters. The van der Waals surface area contributed by atoms with Gasteiger partial charge >= 0.3 is 0 Å². The monoisotopic (exact) mass is 472 g/mol. The summed E-state index contributed by atoms with van der Waals surface area (Å²) in [6, 6.07) is 9.15. The number of hydrogen-bond acceptors (Lipinski definition) is 4. The zero-order valence-corrected chi connectivity index (χ0v) is 19.1. The number of halogens is 2. The summed E-state index contributed by atoms with van der Waals surface area (Å²) in [7, 11) is -3.94. The SMILES string of the molecule is CSc1ccc(S(=O)(=O)Nc2cc(Cl)ccc2Cl)cc1C(=O)N1CCCCCC1. The van der Waals surface area contributed by atoms with Crippen molar-refractivity contribution in [3.8, 4) is 0 Å². The van der Waals surface area contributed by atoms with Gasteiger partial charge in [-0.3, -0.25) is 9.52 Å². The number of sulfonamides is 1. The van der Waals surface area contributed by atoms with Crippen LogP contribution in [0, 0.1) is 0 Å². The predicted octanol–water partition coefficient (Wildman–Crippen LogP) is 5.53. The van der Waals surface area contributed by atoms with Crippen LogP contribution >= 0.6 is 35.0 Å². The van der Waals surface area contributed by atoms with E-state index in [0.717, 1.165) is 30.6 Å². The van der Waals surface area contributed by atoms with Gasteiger partial charge < -0.3 is 4.90 Å². The minimum absolute atomic E-state index is 0.00418. The van der Waals surface area contributed by atoms with Gasteiger partial charge in [0, 0.05) is 23.0 Å². The molecular weight excluding hydrogens is 451 g/mol. The van der Waals surface area contributed by atoms with Gasteiger partial charge in [0.25, 0.3) is 15.9 Å². The summed E-state index contributed by atoms with van der Waals surface area (Å²) in [5.41, 5.74) is 0.591. The first-order chi connectivity index (χ1) is 13.8. The molecule has 0 aliphatic carbocycles. The maximum Gasteiger partial charge on any atom is 0.261 e. The molecule has 0 bridgehead atoms. The molecule has 1 saturated heterocycles. The average Bonchev–Trinajstić information content (AvgIpc) is 2.99. The van der Waals surface area contributed by atoms with Gasteiger partial charge in [-0.05, 0) is 55.5 Å². The molecule has 1 fully saturated rings. The highest BCUT2D eigenvalue weighted by molar-refractivity contribution is 7.98. The van der Waals surface area contributed by atoms with E-state index in [1.54, 1.807) is 12.1 Å². The van der Waals surface area contributed by atoms with Gasteiger partial charge in [0.2, 0.25) is 0 Å². The fourth-order valence-corrected chi connectivity index (χ4v) is 5.30. The first-order valence-electron chi connectivity index (χ1n) is 9.27.